The van der Waals surface area contributed by atoms with Gasteiger partial charge >= 0.3 is 0 Å². The van der Waals surface area contributed by atoms with E-state index in [1.165, 1.54) is 11.5 Å². The maximum Gasteiger partial charge on any atom is 0.238 e. The van der Waals surface area contributed by atoms with Gasteiger partial charge in [-0.05, 0) is 31.4 Å². The highest BCUT2D eigenvalue weighted by atomic mass is 32.2. The molecule has 1 atom stereocenters. The van der Waals surface area contributed by atoms with Crippen LogP contribution >= 0.6 is 11.8 Å². The van der Waals surface area contributed by atoms with E-state index in [1.807, 2.05) is 18.7 Å². The summed E-state index contributed by atoms with van der Waals surface area (Å²) in [4.78, 5) is 13.0. The monoisotopic (exact) mass is 218 g/mol. The quantitative estimate of drug-likeness (QED) is 0.652. The molecule has 0 bridgehead atoms. The molecule has 0 aromatic carbocycles. The second-order valence-electron chi connectivity index (χ2n) is 3.46. The van der Waals surface area contributed by atoms with Gasteiger partial charge in [-0.2, -0.15) is 11.8 Å². The van der Waals surface area contributed by atoms with Crippen LogP contribution in [-0.2, 0) is 4.79 Å². The van der Waals surface area contributed by atoms with Crippen LogP contribution in [0.5, 0.6) is 0 Å². The largest absolute Gasteiger partial charge is 0.347 e. The summed E-state index contributed by atoms with van der Waals surface area (Å²) in [6.07, 6.45) is 1.13. The van der Waals surface area contributed by atoms with Crippen LogP contribution in [0.4, 0.5) is 0 Å². The zero-order valence-electron chi connectivity index (χ0n) is 9.67. The minimum atomic E-state index is -0.0587. The molecule has 0 aliphatic carbocycles. The molecule has 0 saturated heterocycles. The molecule has 0 radical (unpaired) electrons. The zero-order chi connectivity index (χ0) is 11.0. The Bertz CT molecular complexity index is 162. The normalized spacial score (nSPS) is 12.6. The Morgan fingerprint density at radius 1 is 1.50 bits per heavy atom. The number of amides is 1. The van der Waals surface area contributed by atoms with E-state index in [-0.39, 0.29) is 11.9 Å². The maximum absolute atomic E-state index is 11.4. The predicted molar refractivity (Wildman–Crippen MR) is 63.8 cm³/mol. The van der Waals surface area contributed by atoms with Crippen molar-refractivity contribution in [3.8, 4) is 0 Å². The van der Waals surface area contributed by atoms with E-state index in [2.05, 4.69) is 12.2 Å². The molecule has 0 saturated carbocycles. The van der Waals surface area contributed by atoms with Gasteiger partial charge in [0.15, 0.2) is 0 Å². The lowest BCUT2D eigenvalue weighted by molar-refractivity contribution is -0.130. The zero-order valence-corrected chi connectivity index (χ0v) is 10.5. The lowest BCUT2D eigenvalue weighted by Crippen LogP contribution is -2.41. The van der Waals surface area contributed by atoms with Gasteiger partial charge in [-0.25, -0.2) is 0 Å². The van der Waals surface area contributed by atoms with Gasteiger partial charge in [-0.3, -0.25) is 4.79 Å². The molecule has 0 aromatic heterocycles. The number of carbonyl (C=O) groups is 1. The molecule has 14 heavy (non-hydrogen) atoms. The maximum atomic E-state index is 11.4. The lowest BCUT2D eigenvalue weighted by Gasteiger charge is -2.17. The van der Waals surface area contributed by atoms with Crippen LogP contribution in [0.2, 0.25) is 0 Å². The van der Waals surface area contributed by atoms with Crippen molar-refractivity contribution in [1.82, 2.24) is 10.2 Å². The van der Waals surface area contributed by atoms with Crippen LogP contribution in [0.1, 0.15) is 20.3 Å². The van der Waals surface area contributed by atoms with Crippen LogP contribution in [0.25, 0.3) is 0 Å². The van der Waals surface area contributed by atoms with Crippen molar-refractivity contribution >= 4 is 17.7 Å². The lowest BCUT2D eigenvalue weighted by atomic mass is 10.3. The molecule has 1 amide bonds. The number of rotatable bonds is 7. The molecule has 0 spiro atoms. The molecule has 0 aliphatic rings. The third-order valence-corrected chi connectivity index (χ3v) is 2.92. The van der Waals surface area contributed by atoms with Crippen LogP contribution in [-0.4, -0.2) is 49.0 Å². The Balaban J connectivity index is 3.44. The average molecular weight is 218 g/mol. The molecule has 0 unspecified atom stereocenters. The Morgan fingerprint density at radius 2 is 2.14 bits per heavy atom. The van der Waals surface area contributed by atoms with Crippen molar-refractivity contribution in [3.63, 3.8) is 0 Å². The highest BCUT2D eigenvalue weighted by Crippen LogP contribution is 1.99. The van der Waals surface area contributed by atoms with Gasteiger partial charge in [0.25, 0.3) is 0 Å². The highest BCUT2D eigenvalue weighted by Gasteiger charge is 2.12. The van der Waals surface area contributed by atoms with Crippen molar-refractivity contribution in [3.05, 3.63) is 0 Å². The van der Waals surface area contributed by atoms with E-state index in [1.54, 1.807) is 19.0 Å². The molecule has 0 aromatic rings. The molecule has 4 heteroatoms. The van der Waals surface area contributed by atoms with Crippen LogP contribution in [0.3, 0.4) is 0 Å². The fourth-order valence-corrected chi connectivity index (χ4v) is 1.75. The predicted octanol–water partition coefficient (Wildman–Crippen LogP) is 1.20. The first kappa shape index (κ1) is 13.8. The number of hydrogen-bond donors (Lipinski definition) is 1. The molecule has 84 valence electrons. The summed E-state index contributed by atoms with van der Waals surface area (Å²) < 4.78 is 0. The summed E-state index contributed by atoms with van der Waals surface area (Å²) in [7, 11) is 3.57. The second-order valence-corrected chi connectivity index (χ2v) is 4.85. The SMILES string of the molecule is CCSCCCN[C@H](C)C(=O)N(C)C. The molecular formula is C10H22N2OS. The first-order chi connectivity index (χ1) is 6.59. The topological polar surface area (TPSA) is 32.3 Å². The van der Waals surface area contributed by atoms with E-state index in [0.717, 1.165) is 13.0 Å². The van der Waals surface area contributed by atoms with E-state index in [0.29, 0.717) is 0 Å². The van der Waals surface area contributed by atoms with Crippen molar-refractivity contribution in [2.45, 2.75) is 26.3 Å². The number of carbonyl (C=O) groups excluding carboxylic acids is 1. The van der Waals surface area contributed by atoms with Crippen molar-refractivity contribution in [2.24, 2.45) is 0 Å². The minimum absolute atomic E-state index is 0.0587. The van der Waals surface area contributed by atoms with E-state index < -0.39 is 0 Å². The first-order valence-corrected chi connectivity index (χ1v) is 6.27. The van der Waals surface area contributed by atoms with Crippen molar-refractivity contribution in [1.29, 1.82) is 0 Å². The number of nitrogens with zero attached hydrogens (tertiary/aromatic N) is 1. The van der Waals surface area contributed by atoms with E-state index in [4.69, 9.17) is 0 Å². The van der Waals surface area contributed by atoms with Crippen LogP contribution in [0, 0.1) is 0 Å². The average Bonchev–Trinajstić information content (AvgIpc) is 2.16. The number of thioether (sulfide) groups is 1. The Hall–Kier alpha value is -0.220. The van der Waals surface area contributed by atoms with Crippen molar-refractivity contribution in [2.75, 3.05) is 32.1 Å². The van der Waals surface area contributed by atoms with Gasteiger partial charge < -0.3 is 10.2 Å². The molecule has 1 N–H and O–H groups in total. The molecule has 0 aliphatic heterocycles. The Labute approximate surface area is 91.6 Å². The van der Waals surface area contributed by atoms with Crippen LogP contribution < -0.4 is 5.32 Å². The second kappa shape index (κ2) is 8.12. The summed E-state index contributed by atoms with van der Waals surface area (Å²) in [5.74, 6) is 2.49. The summed E-state index contributed by atoms with van der Waals surface area (Å²) >= 11 is 1.94. The number of nitrogens with one attached hydrogen (secondary N) is 1. The Kier molecular flexibility index (Phi) is 7.99. The molecule has 0 rings (SSSR count). The summed E-state index contributed by atoms with van der Waals surface area (Å²) in [6.45, 7) is 5.00. The van der Waals surface area contributed by atoms with Gasteiger partial charge in [-0.1, -0.05) is 6.92 Å². The standard InChI is InChI=1S/C10H22N2OS/c1-5-14-8-6-7-11-9(2)10(13)12(3)4/h9,11H,5-8H2,1-4H3/t9-/m1/s1. The van der Waals surface area contributed by atoms with Gasteiger partial charge in [0.2, 0.25) is 5.91 Å². The highest BCUT2D eigenvalue weighted by molar-refractivity contribution is 7.99. The summed E-state index contributed by atoms with van der Waals surface area (Å²) in [5.41, 5.74) is 0. The summed E-state index contributed by atoms with van der Waals surface area (Å²) in [5, 5.41) is 3.22. The molecular weight excluding hydrogens is 196 g/mol. The molecule has 3 nitrogen and oxygen atoms in total. The molecule has 0 heterocycles. The fraction of sp³-hybridized carbons (Fsp3) is 0.900. The first-order valence-electron chi connectivity index (χ1n) is 5.11. The fourth-order valence-electron chi connectivity index (χ4n) is 1.11. The smallest absolute Gasteiger partial charge is 0.238 e. The van der Waals surface area contributed by atoms with Gasteiger partial charge in [0.05, 0.1) is 6.04 Å². The third-order valence-electron chi connectivity index (χ3n) is 1.93. The third kappa shape index (κ3) is 6.27. The number of likely N-dealkylation sites (N-methyl/N-ethyl adjacent to an activating group) is 1. The Morgan fingerprint density at radius 3 is 2.64 bits per heavy atom. The van der Waals surface area contributed by atoms with E-state index >= 15 is 0 Å². The number of hydrogen-bond acceptors (Lipinski definition) is 3. The van der Waals surface area contributed by atoms with Gasteiger partial charge in [-0.15, -0.1) is 0 Å². The minimum Gasteiger partial charge on any atom is -0.347 e. The van der Waals surface area contributed by atoms with Gasteiger partial charge in [0.1, 0.15) is 0 Å². The molecule has 0 fully saturated rings. The summed E-state index contributed by atoms with van der Waals surface area (Å²) in [6, 6.07) is -0.0587. The van der Waals surface area contributed by atoms with Crippen molar-refractivity contribution < 1.29 is 4.79 Å². The van der Waals surface area contributed by atoms with Crippen LogP contribution in [0.15, 0.2) is 0 Å². The van der Waals surface area contributed by atoms with E-state index in [9.17, 15) is 4.79 Å². The van der Waals surface area contributed by atoms with Gasteiger partial charge in [0, 0.05) is 14.1 Å².